The molecule has 22 heavy (non-hydrogen) atoms. The van der Waals surface area contributed by atoms with Gasteiger partial charge in [-0.1, -0.05) is 18.2 Å². The van der Waals surface area contributed by atoms with Crippen molar-refractivity contribution in [2.24, 2.45) is 0 Å². The van der Waals surface area contributed by atoms with Crippen molar-refractivity contribution in [2.45, 2.75) is 38.0 Å². The van der Waals surface area contributed by atoms with E-state index in [1.165, 1.54) is 0 Å². The maximum Gasteiger partial charge on any atom is 0.260 e. The van der Waals surface area contributed by atoms with Crippen LogP contribution in [0.25, 0.3) is 0 Å². The van der Waals surface area contributed by atoms with Gasteiger partial charge in [-0.05, 0) is 31.4 Å². The first-order valence-electron chi connectivity index (χ1n) is 7.83. The number of aryl methyl sites for hydroxylation is 1. The van der Waals surface area contributed by atoms with E-state index in [-0.39, 0.29) is 30.8 Å². The van der Waals surface area contributed by atoms with Gasteiger partial charge >= 0.3 is 0 Å². The maximum absolute atomic E-state index is 12.5. The molecule has 0 bridgehead atoms. The normalized spacial score (nSPS) is 27.5. The summed E-state index contributed by atoms with van der Waals surface area (Å²) in [4.78, 5) is 14.4. The predicted molar refractivity (Wildman–Crippen MR) is 81.9 cm³/mol. The van der Waals surface area contributed by atoms with Gasteiger partial charge in [-0.2, -0.15) is 0 Å². The zero-order valence-corrected chi connectivity index (χ0v) is 13.2. The Morgan fingerprint density at radius 2 is 2.18 bits per heavy atom. The zero-order valence-electron chi connectivity index (χ0n) is 13.2. The molecule has 1 aromatic rings. The monoisotopic (exact) mass is 305 g/mol. The fourth-order valence-corrected chi connectivity index (χ4v) is 3.42. The summed E-state index contributed by atoms with van der Waals surface area (Å²) in [6, 6.07) is 7.86. The van der Waals surface area contributed by atoms with E-state index in [1.54, 1.807) is 7.11 Å². The van der Waals surface area contributed by atoms with Crippen LogP contribution in [0.15, 0.2) is 24.3 Å². The summed E-state index contributed by atoms with van der Waals surface area (Å²) in [5, 5.41) is 0. The van der Waals surface area contributed by atoms with Crippen LogP contribution in [-0.2, 0) is 14.3 Å². The van der Waals surface area contributed by atoms with E-state index < -0.39 is 0 Å². The third-order valence-electron chi connectivity index (χ3n) is 4.60. The molecule has 2 aliphatic rings. The standard InChI is InChI=1S/C17H23NO4/c1-12-5-3-4-6-14(12)22-11-16(19)18-9-10-21-17-13(18)7-8-15(17)20-2/h3-6,13,15,17H,7-11H2,1-2H3/t13-,15+,17+/m0/s1. The second kappa shape index (κ2) is 6.67. The van der Waals surface area contributed by atoms with Crippen molar-refractivity contribution >= 4 is 5.91 Å². The van der Waals surface area contributed by atoms with Gasteiger partial charge in [-0.15, -0.1) is 0 Å². The molecule has 0 unspecified atom stereocenters. The summed E-state index contributed by atoms with van der Waals surface area (Å²) in [5.74, 6) is 0.792. The Hall–Kier alpha value is -1.59. The molecule has 3 rings (SSSR count). The predicted octanol–water partition coefficient (Wildman–Crippen LogP) is 1.78. The van der Waals surface area contributed by atoms with Gasteiger partial charge < -0.3 is 19.1 Å². The number of amides is 1. The lowest BCUT2D eigenvalue weighted by molar-refractivity contribution is -0.151. The fraction of sp³-hybridized carbons (Fsp3) is 0.588. The molecule has 0 radical (unpaired) electrons. The summed E-state index contributed by atoms with van der Waals surface area (Å²) in [6.45, 7) is 3.25. The van der Waals surface area contributed by atoms with Gasteiger partial charge in [0.25, 0.3) is 5.91 Å². The molecule has 2 fully saturated rings. The first kappa shape index (κ1) is 15.3. The van der Waals surface area contributed by atoms with Gasteiger partial charge in [-0.25, -0.2) is 0 Å². The first-order chi connectivity index (χ1) is 10.7. The molecule has 3 atom stereocenters. The van der Waals surface area contributed by atoms with Gasteiger partial charge in [0.2, 0.25) is 0 Å². The fourth-order valence-electron chi connectivity index (χ4n) is 3.42. The summed E-state index contributed by atoms with van der Waals surface area (Å²) >= 11 is 0. The molecule has 1 aliphatic heterocycles. The molecule has 0 aromatic heterocycles. The molecule has 1 heterocycles. The number of carbonyl (C=O) groups is 1. The van der Waals surface area contributed by atoms with E-state index in [9.17, 15) is 4.79 Å². The van der Waals surface area contributed by atoms with Gasteiger partial charge in [0.15, 0.2) is 6.61 Å². The van der Waals surface area contributed by atoms with Crippen molar-refractivity contribution in [3.63, 3.8) is 0 Å². The highest BCUT2D eigenvalue weighted by Gasteiger charge is 2.44. The lowest BCUT2D eigenvalue weighted by Gasteiger charge is -2.38. The summed E-state index contributed by atoms with van der Waals surface area (Å²) in [7, 11) is 1.71. The van der Waals surface area contributed by atoms with E-state index in [0.717, 1.165) is 24.2 Å². The number of morpholine rings is 1. The molecule has 1 aliphatic carbocycles. The Morgan fingerprint density at radius 3 is 2.95 bits per heavy atom. The Labute approximate surface area is 131 Å². The van der Waals surface area contributed by atoms with Crippen molar-refractivity contribution < 1.29 is 19.0 Å². The van der Waals surface area contributed by atoms with Crippen LogP contribution in [0.2, 0.25) is 0 Å². The quantitative estimate of drug-likeness (QED) is 0.851. The molecular formula is C17H23NO4. The molecule has 5 nitrogen and oxygen atoms in total. The summed E-state index contributed by atoms with van der Waals surface area (Å²) in [5.41, 5.74) is 1.04. The molecule has 0 N–H and O–H groups in total. The average Bonchev–Trinajstić information content (AvgIpc) is 2.97. The van der Waals surface area contributed by atoms with Crippen LogP contribution >= 0.6 is 0 Å². The van der Waals surface area contributed by atoms with E-state index in [1.807, 2.05) is 36.1 Å². The van der Waals surface area contributed by atoms with Crippen molar-refractivity contribution in [1.29, 1.82) is 0 Å². The minimum Gasteiger partial charge on any atom is -0.484 e. The Morgan fingerprint density at radius 1 is 1.36 bits per heavy atom. The first-order valence-corrected chi connectivity index (χ1v) is 7.83. The van der Waals surface area contributed by atoms with Crippen LogP contribution in [0.5, 0.6) is 5.75 Å². The molecule has 0 spiro atoms. The van der Waals surface area contributed by atoms with E-state index in [0.29, 0.717) is 13.2 Å². The Kier molecular flexibility index (Phi) is 4.64. The number of hydrogen-bond acceptors (Lipinski definition) is 4. The van der Waals surface area contributed by atoms with Crippen LogP contribution in [0, 0.1) is 6.92 Å². The molecule has 1 saturated heterocycles. The third-order valence-corrected chi connectivity index (χ3v) is 4.60. The Balaban J connectivity index is 1.61. The van der Waals surface area contributed by atoms with E-state index in [4.69, 9.17) is 14.2 Å². The third kappa shape index (κ3) is 2.96. The highest BCUT2D eigenvalue weighted by molar-refractivity contribution is 5.78. The van der Waals surface area contributed by atoms with Gasteiger partial charge in [-0.3, -0.25) is 4.79 Å². The Bertz CT molecular complexity index is 533. The molecule has 1 aromatic carbocycles. The largest absolute Gasteiger partial charge is 0.484 e. The molecule has 5 heteroatoms. The van der Waals surface area contributed by atoms with Crippen LogP contribution in [0.4, 0.5) is 0 Å². The molecule has 120 valence electrons. The summed E-state index contributed by atoms with van der Waals surface area (Å²) in [6.07, 6.45) is 1.96. The SMILES string of the molecule is CO[C@@H]1CC[C@H]2[C@H]1OCCN2C(=O)COc1ccccc1C. The number of nitrogens with zero attached hydrogens (tertiary/aromatic N) is 1. The van der Waals surface area contributed by atoms with Crippen LogP contribution in [-0.4, -0.2) is 55.9 Å². The number of benzene rings is 1. The number of para-hydroxylation sites is 1. The number of ether oxygens (including phenoxy) is 3. The average molecular weight is 305 g/mol. The van der Waals surface area contributed by atoms with Crippen LogP contribution in [0.1, 0.15) is 18.4 Å². The van der Waals surface area contributed by atoms with E-state index in [2.05, 4.69) is 0 Å². The molecule has 1 saturated carbocycles. The zero-order chi connectivity index (χ0) is 15.5. The summed E-state index contributed by atoms with van der Waals surface area (Å²) < 4.78 is 17.0. The second-order valence-corrected chi connectivity index (χ2v) is 5.90. The van der Waals surface area contributed by atoms with Crippen molar-refractivity contribution in [1.82, 2.24) is 4.90 Å². The number of fused-ring (bicyclic) bond motifs is 1. The topological polar surface area (TPSA) is 48.0 Å². The van der Waals surface area contributed by atoms with Gasteiger partial charge in [0, 0.05) is 13.7 Å². The molecule has 1 amide bonds. The lowest BCUT2D eigenvalue weighted by atomic mass is 10.1. The number of carbonyl (C=O) groups excluding carboxylic acids is 1. The van der Waals surface area contributed by atoms with Gasteiger partial charge in [0.1, 0.15) is 11.9 Å². The van der Waals surface area contributed by atoms with Crippen LogP contribution in [0.3, 0.4) is 0 Å². The van der Waals surface area contributed by atoms with Crippen molar-refractivity contribution in [3.8, 4) is 5.75 Å². The highest BCUT2D eigenvalue weighted by atomic mass is 16.5. The minimum atomic E-state index is 0.00108. The number of methoxy groups -OCH3 is 1. The molecular weight excluding hydrogens is 282 g/mol. The number of rotatable bonds is 4. The minimum absolute atomic E-state index is 0.00108. The van der Waals surface area contributed by atoms with Crippen molar-refractivity contribution in [3.05, 3.63) is 29.8 Å². The van der Waals surface area contributed by atoms with Crippen molar-refractivity contribution in [2.75, 3.05) is 26.9 Å². The smallest absolute Gasteiger partial charge is 0.260 e. The lowest BCUT2D eigenvalue weighted by Crippen LogP contribution is -2.54. The highest BCUT2D eigenvalue weighted by Crippen LogP contribution is 2.31. The van der Waals surface area contributed by atoms with Crippen LogP contribution < -0.4 is 4.74 Å². The number of hydrogen-bond donors (Lipinski definition) is 0. The van der Waals surface area contributed by atoms with E-state index >= 15 is 0 Å². The maximum atomic E-state index is 12.5. The second-order valence-electron chi connectivity index (χ2n) is 5.90. The van der Waals surface area contributed by atoms with Gasteiger partial charge in [0.05, 0.1) is 18.8 Å².